The molecule has 0 aliphatic rings. The van der Waals surface area contributed by atoms with Crippen molar-refractivity contribution < 1.29 is 4.74 Å². The largest absolute Gasteiger partial charge is 0.380 e. The van der Waals surface area contributed by atoms with Gasteiger partial charge in [0.25, 0.3) is 0 Å². The fourth-order valence-electron chi connectivity index (χ4n) is 2.88. The van der Waals surface area contributed by atoms with E-state index < -0.39 is 0 Å². The third kappa shape index (κ3) is 6.03. The molecule has 9 heteroatoms. The van der Waals surface area contributed by atoms with Crippen LogP contribution in [0, 0.1) is 0 Å². The minimum absolute atomic E-state index is 0.421. The second-order valence-corrected chi connectivity index (χ2v) is 6.20. The number of nitrogens with one attached hydrogen (secondary N) is 1. The first-order chi connectivity index (χ1) is 14.8. The topological polar surface area (TPSA) is 116 Å². The van der Waals surface area contributed by atoms with Crippen LogP contribution in [-0.2, 0) is 11.3 Å². The van der Waals surface area contributed by atoms with Gasteiger partial charge >= 0.3 is 0 Å². The highest BCUT2D eigenvalue weighted by Crippen LogP contribution is 2.31. The lowest BCUT2D eigenvalue weighted by Crippen LogP contribution is -2.31. The number of pyridine rings is 1. The maximum Gasteiger partial charge on any atom is 0.166 e. The zero-order valence-electron chi connectivity index (χ0n) is 17.3. The van der Waals surface area contributed by atoms with Crippen molar-refractivity contribution >= 4 is 17.4 Å². The monoisotopic (exact) mass is 429 g/mol. The number of halogens is 1. The molecule has 2 aromatic heterocycles. The average Bonchev–Trinajstić information content (AvgIpc) is 3.24. The average molecular weight is 430 g/mol. The van der Waals surface area contributed by atoms with Crippen molar-refractivity contribution in [3.63, 3.8) is 0 Å². The van der Waals surface area contributed by atoms with Gasteiger partial charge in [-0.3, -0.25) is 9.67 Å². The van der Waals surface area contributed by atoms with E-state index in [4.69, 9.17) is 21.5 Å². The van der Waals surface area contributed by atoms with Crippen LogP contribution in [-0.4, -0.2) is 40.2 Å². The van der Waals surface area contributed by atoms with Crippen LogP contribution in [0.3, 0.4) is 0 Å². The third-order valence-electron chi connectivity index (χ3n) is 4.26. The molecule has 0 aliphatic carbocycles. The molecule has 160 valence electrons. The quantitative estimate of drug-likeness (QED) is 0.126. The van der Waals surface area contributed by atoms with Gasteiger partial charge in [0.2, 0.25) is 0 Å². The Hall–Kier alpha value is -2.94. The first-order valence-corrected chi connectivity index (χ1v) is 10.3. The Morgan fingerprint density at radius 1 is 1.10 bits per heavy atom. The minimum Gasteiger partial charge on any atom is -0.380 e. The maximum atomic E-state index is 5.60. The summed E-state index contributed by atoms with van der Waals surface area (Å²) in [4.78, 5) is 4.10. The zero-order valence-corrected chi connectivity index (χ0v) is 18.0. The van der Waals surface area contributed by atoms with Crippen molar-refractivity contribution in [2.24, 2.45) is 16.8 Å². The Morgan fingerprint density at radius 3 is 2.40 bits per heavy atom. The lowest BCUT2D eigenvalue weighted by molar-refractivity contribution is 0.124. The number of hydrogen-bond donors (Lipinski definition) is 3. The van der Waals surface area contributed by atoms with Crippen LogP contribution in [0.2, 0.25) is 0 Å². The predicted molar refractivity (Wildman–Crippen MR) is 122 cm³/mol. The number of alkyl halides is 1. The molecule has 0 bridgehead atoms. The normalized spacial score (nSPS) is 11.0. The minimum atomic E-state index is 0.421. The molecule has 30 heavy (non-hydrogen) atoms. The van der Waals surface area contributed by atoms with E-state index in [2.05, 4.69) is 34.0 Å². The van der Waals surface area contributed by atoms with Crippen molar-refractivity contribution in [2.75, 3.05) is 19.6 Å². The molecule has 0 unspecified atom stereocenters. The fraction of sp³-hybridized carbons (Fsp3) is 0.286. The molecule has 0 radical (unpaired) electrons. The lowest BCUT2D eigenvalue weighted by Gasteiger charge is -2.06. The van der Waals surface area contributed by atoms with Crippen LogP contribution in [0.5, 0.6) is 0 Å². The van der Waals surface area contributed by atoms with Crippen LogP contribution in [0.1, 0.15) is 18.9 Å². The second kappa shape index (κ2) is 12.6. The molecule has 0 amide bonds. The van der Waals surface area contributed by atoms with Gasteiger partial charge in [-0.1, -0.05) is 31.2 Å². The van der Waals surface area contributed by atoms with Gasteiger partial charge in [-0.05, 0) is 24.1 Å². The van der Waals surface area contributed by atoms with Gasteiger partial charge in [0.15, 0.2) is 5.84 Å². The fourth-order valence-corrected chi connectivity index (χ4v) is 2.88. The predicted octanol–water partition coefficient (Wildman–Crippen LogP) is 2.98. The molecule has 1 aromatic carbocycles. The third-order valence-corrected chi connectivity index (χ3v) is 4.26. The van der Waals surface area contributed by atoms with Crippen molar-refractivity contribution in [3.8, 4) is 22.4 Å². The van der Waals surface area contributed by atoms with Gasteiger partial charge in [-0.25, -0.2) is 5.84 Å². The number of hydrogen-bond acceptors (Lipinski definition) is 6. The van der Waals surface area contributed by atoms with Crippen molar-refractivity contribution in [2.45, 2.75) is 19.9 Å². The first kappa shape index (κ1) is 23.3. The van der Waals surface area contributed by atoms with Crippen molar-refractivity contribution in [1.82, 2.24) is 20.2 Å². The number of nitrogens with zero attached hydrogens (tertiary/aromatic N) is 4. The van der Waals surface area contributed by atoms with Gasteiger partial charge < -0.3 is 16.0 Å². The molecule has 8 nitrogen and oxygen atoms in total. The summed E-state index contributed by atoms with van der Waals surface area (Å²) in [6.07, 6.45) is 8.05. The summed E-state index contributed by atoms with van der Waals surface area (Å²) in [5, 5.41) is 8.42. The van der Waals surface area contributed by atoms with Crippen LogP contribution in [0.4, 0.5) is 0 Å². The summed E-state index contributed by atoms with van der Waals surface area (Å²) in [5.41, 5.74) is 7.26. The van der Waals surface area contributed by atoms with Gasteiger partial charge in [-0.15, -0.1) is 11.6 Å². The molecule has 2 heterocycles. The standard InChI is InChI=1S/C20H25N7O.CH3Cl/c1-2-12-28-13-11-27-14-18(19(26-27)16-7-9-23-10-8-16)15-3-5-17(6-4-15)20(24-21)25-22;1-2/h3-10,14H,2,11-13,21-22H2,1H3,(H,24,25);1H3. The molecular formula is C21H28ClN7O. The number of aromatic nitrogens is 3. The summed E-state index contributed by atoms with van der Waals surface area (Å²) in [7, 11) is 0. The van der Waals surface area contributed by atoms with E-state index in [0.29, 0.717) is 19.0 Å². The van der Waals surface area contributed by atoms with Gasteiger partial charge in [-0.2, -0.15) is 10.2 Å². The highest BCUT2D eigenvalue weighted by molar-refractivity contribution is 6.15. The Kier molecular flexibility index (Phi) is 9.79. The smallest absolute Gasteiger partial charge is 0.166 e. The number of hydrazine groups is 1. The van der Waals surface area contributed by atoms with E-state index in [1.54, 1.807) is 12.4 Å². The van der Waals surface area contributed by atoms with Crippen LogP contribution in [0.15, 0.2) is 60.1 Å². The molecule has 0 atom stereocenters. The molecular weight excluding hydrogens is 402 g/mol. The highest BCUT2D eigenvalue weighted by Gasteiger charge is 2.14. The number of nitrogens with two attached hydrogens (primary N) is 2. The summed E-state index contributed by atoms with van der Waals surface area (Å²) in [5.74, 6) is 11.2. The van der Waals surface area contributed by atoms with Gasteiger partial charge in [0.05, 0.1) is 13.2 Å². The number of benzene rings is 1. The molecule has 3 rings (SSSR count). The number of amidine groups is 1. The molecule has 0 aliphatic heterocycles. The van der Waals surface area contributed by atoms with E-state index >= 15 is 0 Å². The van der Waals surface area contributed by atoms with E-state index in [1.165, 1.54) is 6.38 Å². The molecule has 0 fully saturated rings. The van der Waals surface area contributed by atoms with Crippen molar-refractivity contribution in [1.29, 1.82) is 0 Å². The van der Waals surface area contributed by atoms with Gasteiger partial charge in [0, 0.05) is 48.3 Å². The second-order valence-electron chi connectivity index (χ2n) is 6.20. The lowest BCUT2D eigenvalue weighted by atomic mass is 10.0. The number of hydrazone groups is 1. The zero-order chi connectivity index (χ0) is 21.8. The first-order valence-electron chi connectivity index (χ1n) is 9.55. The summed E-state index contributed by atoms with van der Waals surface area (Å²) >= 11 is 4.64. The van der Waals surface area contributed by atoms with Crippen LogP contribution in [0.25, 0.3) is 22.4 Å². The van der Waals surface area contributed by atoms with Crippen molar-refractivity contribution in [3.05, 3.63) is 60.6 Å². The molecule has 0 spiro atoms. The number of rotatable bonds is 8. The summed E-state index contributed by atoms with van der Waals surface area (Å²) in [6, 6.07) is 11.7. The Balaban J connectivity index is 0.00000155. The molecule has 5 N–H and O–H groups in total. The Labute approximate surface area is 181 Å². The Bertz CT molecular complexity index is 911. The highest BCUT2D eigenvalue weighted by atomic mass is 35.5. The van der Waals surface area contributed by atoms with E-state index in [0.717, 1.165) is 41.0 Å². The Morgan fingerprint density at radius 2 is 1.80 bits per heavy atom. The van der Waals surface area contributed by atoms with Gasteiger partial charge in [0.1, 0.15) is 5.69 Å². The number of ether oxygens (including phenoxy) is 1. The van der Waals surface area contributed by atoms with E-state index in [1.807, 2.05) is 47.3 Å². The van der Waals surface area contributed by atoms with E-state index in [-0.39, 0.29) is 0 Å². The molecule has 0 saturated heterocycles. The SMILES string of the molecule is CCCOCCn1cc(-c2ccc(/C(=N/N)NN)cc2)c(-c2ccncc2)n1.CCl. The van der Waals surface area contributed by atoms with Crippen LogP contribution < -0.4 is 17.1 Å². The molecule has 3 aromatic rings. The maximum absolute atomic E-state index is 5.60. The van der Waals surface area contributed by atoms with Crippen LogP contribution >= 0.6 is 11.6 Å². The summed E-state index contributed by atoms with van der Waals surface area (Å²) in [6.45, 7) is 4.17. The summed E-state index contributed by atoms with van der Waals surface area (Å²) < 4.78 is 7.52. The van der Waals surface area contributed by atoms with E-state index in [9.17, 15) is 0 Å². The molecule has 0 saturated carbocycles.